The van der Waals surface area contributed by atoms with Crippen LogP contribution >= 0.6 is 0 Å². The zero-order chi connectivity index (χ0) is 15.3. The molecule has 0 saturated heterocycles. The average molecular weight is 284 g/mol. The van der Waals surface area contributed by atoms with Crippen LogP contribution in [0.25, 0.3) is 0 Å². The fourth-order valence-corrected chi connectivity index (χ4v) is 1.86. The number of ether oxygens (including phenoxy) is 1. The molecule has 0 aromatic heterocycles. The van der Waals surface area contributed by atoms with Crippen molar-refractivity contribution in [1.29, 1.82) is 0 Å². The monoisotopic (exact) mass is 284 g/mol. The van der Waals surface area contributed by atoms with E-state index in [0.29, 0.717) is 18.0 Å². The summed E-state index contributed by atoms with van der Waals surface area (Å²) < 4.78 is 5.17. The van der Waals surface area contributed by atoms with Crippen LogP contribution in [0.5, 0.6) is 5.75 Å². The second kappa shape index (κ2) is 6.41. The van der Waals surface area contributed by atoms with Gasteiger partial charge in [-0.2, -0.15) is 0 Å². The molecule has 0 unspecified atom stereocenters. The van der Waals surface area contributed by atoms with Crippen molar-refractivity contribution in [3.05, 3.63) is 60.2 Å². The summed E-state index contributed by atoms with van der Waals surface area (Å²) >= 11 is 0. The van der Waals surface area contributed by atoms with Gasteiger partial charge in [-0.1, -0.05) is 44.2 Å². The lowest BCUT2D eigenvalue weighted by Crippen LogP contribution is -2.28. The molecule has 110 valence electrons. The molecule has 0 fully saturated rings. The number of para-hydroxylation sites is 1. The standard InChI is InChI=1S/C17H20N2O2/c1-17(2,12-18)13-8-10-14(11-9-13)19-16(20)21-15-6-4-3-5-7-15/h3-11H,12,18H2,1-2H3,(H,19,20). The van der Waals surface area contributed by atoms with Crippen LogP contribution < -0.4 is 15.8 Å². The van der Waals surface area contributed by atoms with Crippen molar-refractivity contribution in [3.8, 4) is 5.75 Å². The van der Waals surface area contributed by atoms with Crippen molar-refractivity contribution < 1.29 is 9.53 Å². The molecule has 4 nitrogen and oxygen atoms in total. The molecule has 21 heavy (non-hydrogen) atoms. The predicted molar refractivity (Wildman–Crippen MR) is 84.6 cm³/mol. The third kappa shape index (κ3) is 4.07. The van der Waals surface area contributed by atoms with E-state index in [1.807, 2.05) is 42.5 Å². The summed E-state index contributed by atoms with van der Waals surface area (Å²) in [5, 5.41) is 2.69. The van der Waals surface area contributed by atoms with E-state index >= 15 is 0 Å². The summed E-state index contributed by atoms with van der Waals surface area (Å²) in [4.78, 5) is 11.8. The van der Waals surface area contributed by atoms with Crippen LogP contribution in [0.15, 0.2) is 54.6 Å². The molecule has 0 bridgehead atoms. The van der Waals surface area contributed by atoms with E-state index in [1.165, 1.54) is 0 Å². The Kier molecular flexibility index (Phi) is 4.60. The quantitative estimate of drug-likeness (QED) is 0.902. The first-order valence-electron chi connectivity index (χ1n) is 6.86. The number of carbonyl (C=O) groups is 1. The van der Waals surface area contributed by atoms with Crippen LogP contribution in [-0.2, 0) is 5.41 Å². The molecule has 0 aliphatic heterocycles. The maximum Gasteiger partial charge on any atom is 0.417 e. The van der Waals surface area contributed by atoms with Crippen molar-refractivity contribution in [3.63, 3.8) is 0 Å². The summed E-state index contributed by atoms with van der Waals surface area (Å²) in [6.07, 6.45) is -0.507. The topological polar surface area (TPSA) is 64.3 Å². The van der Waals surface area contributed by atoms with Crippen molar-refractivity contribution in [2.75, 3.05) is 11.9 Å². The Morgan fingerprint density at radius 2 is 1.71 bits per heavy atom. The van der Waals surface area contributed by atoms with E-state index < -0.39 is 6.09 Å². The van der Waals surface area contributed by atoms with Crippen LogP contribution in [0.3, 0.4) is 0 Å². The Bertz CT molecular complexity index is 592. The highest BCUT2D eigenvalue weighted by molar-refractivity contribution is 5.86. The number of nitrogens with two attached hydrogens (primary N) is 1. The van der Waals surface area contributed by atoms with Crippen LogP contribution in [0, 0.1) is 0 Å². The first-order valence-corrected chi connectivity index (χ1v) is 6.86. The van der Waals surface area contributed by atoms with E-state index in [0.717, 1.165) is 5.56 Å². The lowest BCUT2D eigenvalue weighted by Gasteiger charge is -2.23. The Labute approximate surface area is 124 Å². The first-order chi connectivity index (χ1) is 10.0. The summed E-state index contributed by atoms with van der Waals surface area (Å²) in [5.41, 5.74) is 7.49. The minimum Gasteiger partial charge on any atom is -0.410 e. The maximum atomic E-state index is 11.8. The molecule has 0 radical (unpaired) electrons. The van der Waals surface area contributed by atoms with Gasteiger partial charge in [-0.3, -0.25) is 5.32 Å². The summed E-state index contributed by atoms with van der Waals surface area (Å²) in [6.45, 7) is 4.73. The molecular formula is C17H20N2O2. The number of carbonyl (C=O) groups excluding carboxylic acids is 1. The van der Waals surface area contributed by atoms with Gasteiger partial charge in [-0.25, -0.2) is 4.79 Å². The Morgan fingerprint density at radius 3 is 2.29 bits per heavy atom. The van der Waals surface area contributed by atoms with E-state index in [2.05, 4.69) is 19.2 Å². The molecule has 0 heterocycles. The second-order valence-electron chi connectivity index (χ2n) is 5.49. The average Bonchev–Trinajstić information content (AvgIpc) is 2.48. The fourth-order valence-electron chi connectivity index (χ4n) is 1.86. The number of amides is 1. The highest BCUT2D eigenvalue weighted by Gasteiger charge is 2.18. The largest absolute Gasteiger partial charge is 0.417 e. The number of rotatable bonds is 4. The molecule has 2 aromatic carbocycles. The SMILES string of the molecule is CC(C)(CN)c1ccc(NC(=O)Oc2ccccc2)cc1. The second-order valence-corrected chi connectivity index (χ2v) is 5.49. The van der Waals surface area contributed by atoms with Crippen molar-refractivity contribution in [2.24, 2.45) is 5.73 Å². The van der Waals surface area contributed by atoms with Crippen LogP contribution in [0.2, 0.25) is 0 Å². The van der Waals surface area contributed by atoms with Crippen molar-refractivity contribution in [2.45, 2.75) is 19.3 Å². The number of hydrogen-bond donors (Lipinski definition) is 2. The number of anilines is 1. The van der Waals surface area contributed by atoms with Crippen molar-refractivity contribution >= 4 is 11.8 Å². The predicted octanol–water partition coefficient (Wildman–Crippen LogP) is 3.53. The van der Waals surface area contributed by atoms with Crippen LogP contribution in [0.4, 0.5) is 10.5 Å². The normalized spacial score (nSPS) is 11.0. The zero-order valence-corrected chi connectivity index (χ0v) is 12.3. The van der Waals surface area contributed by atoms with Crippen molar-refractivity contribution in [1.82, 2.24) is 0 Å². The summed E-state index contributed by atoms with van der Waals surface area (Å²) in [5.74, 6) is 0.510. The molecule has 4 heteroatoms. The molecular weight excluding hydrogens is 264 g/mol. The van der Waals surface area contributed by atoms with Gasteiger partial charge >= 0.3 is 6.09 Å². The molecule has 0 aliphatic rings. The smallest absolute Gasteiger partial charge is 0.410 e. The Hall–Kier alpha value is -2.33. The van der Waals surface area contributed by atoms with Crippen LogP contribution in [0.1, 0.15) is 19.4 Å². The van der Waals surface area contributed by atoms with Gasteiger partial charge in [0, 0.05) is 17.6 Å². The summed E-state index contributed by atoms with van der Waals surface area (Å²) in [7, 11) is 0. The van der Waals surface area contributed by atoms with Gasteiger partial charge < -0.3 is 10.5 Å². The molecule has 0 saturated carbocycles. The molecule has 0 atom stereocenters. The number of nitrogens with one attached hydrogen (secondary N) is 1. The zero-order valence-electron chi connectivity index (χ0n) is 12.3. The van der Waals surface area contributed by atoms with E-state index in [1.54, 1.807) is 12.1 Å². The Balaban J connectivity index is 1.99. The molecule has 2 rings (SSSR count). The summed E-state index contributed by atoms with van der Waals surface area (Å²) in [6, 6.07) is 16.6. The van der Waals surface area contributed by atoms with Gasteiger partial charge in [0.2, 0.25) is 0 Å². The van der Waals surface area contributed by atoms with Gasteiger partial charge in [-0.15, -0.1) is 0 Å². The molecule has 0 spiro atoms. The number of benzene rings is 2. The third-order valence-corrected chi connectivity index (χ3v) is 3.38. The van der Waals surface area contributed by atoms with Gasteiger partial charge in [0.05, 0.1) is 0 Å². The lowest BCUT2D eigenvalue weighted by atomic mass is 9.85. The van der Waals surface area contributed by atoms with E-state index in [4.69, 9.17) is 10.5 Å². The van der Waals surface area contributed by atoms with Gasteiger partial charge in [0.25, 0.3) is 0 Å². The highest BCUT2D eigenvalue weighted by Crippen LogP contribution is 2.23. The van der Waals surface area contributed by atoms with Gasteiger partial charge in [-0.05, 0) is 29.8 Å². The molecule has 0 aliphatic carbocycles. The Morgan fingerprint density at radius 1 is 1.10 bits per heavy atom. The highest BCUT2D eigenvalue weighted by atomic mass is 16.6. The molecule has 3 N–H and O–H groups in total. The lowest BCUT2D eigenvalue weighted by molar-refractivity contribution is 0.215. The maximum absolute atomic E-state index is 11.8. The molecule has 2 aromatic rings. The van der Waals surface area contributed by atoms with Crippen LogP contribution in [-0.4, -0.2) is 12.6 Å². The first kappa shape index (κ1) is 15.1. The van der Waals surface area contributed by atoms with Gasteiger partial charge in [0.15, 0.2) is 0 Å². The number of hydrogen-bond acceptors (Lipinski definition) is 3. The van der Waals surface area contributed by atoms with E-state index in [9.17, 15) is 4.79 Å². The minimum absolute atomic E-state index is 0.0803. The van der Waals surface area contributed by atoms with Gasteiger partial charge in [0.1, 0.15) is 5.75 Å². The molecule has 1 amide bonds. The minimum atomic E-state index is -0.507. The van der Waals surface area contributed by atoms with E-state index in [-0.39, 0.29) is 5.41 Å². The fraction of sp³-hybridized carbons (Fsp3) is 0.235. The third-order valence-electron chi connectivity index (χ3n) is 3.38.